The molecule has 1 aromatic carbocycles. The molecule has 0 bridgehead atoms. The Hall–Kier alpha value is -1.84. The van der Waals surface area contributed by atoms with Gasteiger partial charge in [-0.25, -0.2) is 9.28 Å². The number of nitrogens with one attached hydrogen (secondary N) is 1. The summed E-state index contributed by atoms with van der Waals surface area (Å²) in [5.41, 5.74) is 4.78. The van der Waals surface area contributed by atoms with Crippen molar-refractivity contribution < 1.29 is 27.2 Å². The number of nitrogens with zero attached hydrogens (tertiary/aromatic N) is 2. The summed E-state index contributed by atoms with van der Waals surface area (Å²) in [6.07, 6.45) is -3.25. The van der Waals surface area contributed by atoms with Gasteiger partial charge in [0.2, 0.25) is 5.91 Å². The van der Waals surface area contributed by atoms with E-state index in [-0.39, 0.29) is 35.2 Å². The van der Waals surface area contributed by atoms with E-state index in [1.165, 1.54) is 24.1 Å². The predicted molar refractivity (Wildman–Crippen MR) is 97.3 cm³/mol. The molecule has 0 saturated carbocycles. The zero-order valence-electron chi connectivity index (χ0n) is 15.4. The summed E-state index contributed by atoms with van der Waals surface area (Å²) in [5, 5.41) is 2.82. The van der Waals surface area contributed by atoms with Crippen molar-refractivity contribution in [2.45, 2.75) is 37.6 Å². The molecule has 1 aromatic rings. The molecular weight excluding hydrogens is 397 g/mol. The molecule has 3 rings (SSSR count). The fourth-order valence-electron chi connectivity index (χ4n) is 4.33. The Morgan fingerprint density at radius 3 is 2.54 bits per heavy atom. The summed E-state index contributed by atoms with van der Waals surface area (Å²) >= 11 is 6.10. The van der Waals surface area contributed by atoms with Crippen molar-refractivity contribution in [1.29, 1.82) is 0 Å². The number of amides is 3. The van der Waals surface area contributed by atoms with Crippen LogP contribution in [0.1, 0.15) is 24.0 Å². The van der Waals surface area contributed by atoms with Crippen LogP contribution in [0, 0.1) is 0 Å². The van der Waals surface area contributed by atoms with Crippen LogP contribution in [0.3, 0.4) is 0 Å². The van der Waals surface area contributed by atoms with E-state index in [4.69, 9.17) is 17.3 Å². The van der Waals surface area contributed by atoms with Crippen LogP contribution >= 0.6 is 11.6 Å². The van der Waals surface area contributed by atoms with Gasteiger partial charge in [-0.3, -0.25) is 9.69 Å². The number of piperidine rings is 1. The maximum absolute atomic E-state index is 13.3. The van der Waals surface area contributed by atoms with Crippen molar-refractivity contribution >= 4 is 23.5 Å². The molecule has 2 aliphatic heterocycles. The Balaban J connectivity index is 2.05. The Bertz CT molecular complexity index is 783. The number of rotatable bonds is 4. The van der Waals surface area contributed by atoms with Gasteiger partial charge in [0.05, 0.1) is 10.6 Å². The summed E-state index contributed by atoms with van der Waals surface area (Å²) in [4.78, 5) is 26.4. The maximum atomic E-state index is 13.3. The number of hydrogen-bond donors (Lipinski definition) is 2. The van der Waals surface area contributed by atoms with E-state index in [2.05, 4.69) is 5.32 Å². The first-order valence-electron chi connectivity index (χ1n) is 9.06. The third-order valence-corrected chi connectivity index (χ3v) is 6.27. The molecule has 6 nitrogen and oxygen atoms in total. The van der Waals surface area contributed by atoms with E-state index >= 15 is 0 Å². The van der Waals surface area contributed by atoms with Gasteiger partial charge in [0.15, 0.2) is 6.04 Å². The van der Waals surface area contributed by atoms with Gasteiger partial charge in [-0.05, 0) is 6.07 Å². The number of halogens is 4. The molecule has 2 atom stereocenters. The topological polar surface area (TPSA) is 75.4 Å². The molecule has 2 heterocycles. The second-order valence-electron chi connectivity index (χ2n) is 7.44. The number of benzene rings is 1. The molecule has 0 radical (unpaired) electrons. The lowest BCUT2D eigenvalue weighted by atomic mass is 9.99. The number of likely N-dealkylation sites (N-methyl/N-ethyl adjacent to an activating group) is 1. The zero-order valence-corrected chi connectivity index (χ0v) is 16.2. The minimum absolute atomic E-state index is 0.0135. The van der Waals surface area contributed by atoms with Gasteiger partial charge < -0.3 is 11.1 Å². The summed E-state index contributed by atoms with van der Waals surface area (Å²) in [5.74, 6) is -0.625. The molecule has 3 N–H and O–H groups in total. The molecule has 154 valence electrons. The van der Waals surface area contributed by atoms with Crippen molar-refractivity contribution in [3.05, 3.63) is 34.3 Å². The first kappa shape index (κ1) is 20.9. The van der Waals surface area contributed by atoms with Gasteiger partial charge in [0.25, 0.3) is 0 Å². The Kier molecular flexibility index (Phi) is 5.62. The zero-order chi connectivity index (χ0) is 20.7. The van der Waals surface area contributed by atoms with E-state index in [0.29, 0.717) is 25.9 Å². The minimum atomic E-state index is -4.59. The van der Waals surface area contributed by atoms with Crippen molar-refractivity contribution in [2.75, 3.05) is 26.7 Å². The Morgan fingerprint density at radius 1 is 1.36 bits per heavy atom. The molecule has 10 heteroatoms. The van der Waals surface area contributed by atoms with Gasteiger partial charge in [-0.1, -0.05) is 23.7 Å². The number of urea groups is 1. The van der Waals surface area contributed by atoms with E-state index in [9.17, 15) is 22.8 Å². The smallest absolute Gasteiger partial charge is 0.368 e. The Morgan fingerprint density at radius 2 is 2.00 bits per heavy atom. The van der Waals surface area contributed by atoms with Gasteiger partial charge in [-0.2, -0.15) is 13.2 Å². The van der Waals surface area contributed by atoms with Crippen LogP contribution in [-0.2, 0) is 17.5 Å². The third-order valence-electron chi connectivity index (χ3n) is 5.82. The van der Waals surface area contributed by atoms with Crippen LogP contribution in [-0.4, -0.2) is 60.1 Å². The van der Waals surface area contributed by atoms with Gasteiger partial charge in [0, 0.05) is 38.5 Å². The lowest BCUT2D eigenvalue weighted by molar-refractivity contribution is -0.882. The van der Waals surface area contributed by atoms with E-state index in [1.807, 2.05) is 0 Å². The number of primary amides is 1. The first-order chi connectivity index (χ1) is 13.1. The van der Waals surface area contributed by atoms with Crippen molar-refractivity contribution in [2.24, 2.45) is 5.73 Å². The SMILES string of the molecule is CN1C(=O)[N+](Cc2cccc(C(F)(F)F)c2Cl)(C2CCNCC2)CC1C(N)=O. The van der Waals surface area contributed by atoms with Crippen LogP contribution in [0.25, 0.3) is 0 Å². The van der Waals surface area contributed by atoms with Gasteiger partial charge in [0.1, 0.15) is 19.1 Å². The highest BCUT2D eigenvalue weighted by Gasteiger charge is 2.57. The van der Waals surface area contributed by atoms with Crippen molar-refractivity contribution in [3.63, 3.8) is 0 Å². The largest absolute Gasteiger partial charge is 0.420 e. The van der Waals surface area contributed by atoms with Crippen LogP contribution in [0.4, 0.5) is 18.0 Å². The molecule has 0 aromatic heterocycles. The lowest BCUT2D eigenvalue weighted by Gasteiger charge is -2.40. The molecule has 3 amide bonds. The summed E-state index contributed by atoms with van der Waals surface area (Å²) < 4.78 is 39.6. The number of carbonyl (C=O) groups is 2. The average molecular weight is 420 g/mol. The second-order valence-corrected chi connectivity index (χ2v) is 7.82. The van der Waals surface area contributed by atoms with Gasteiger partial charge >= 0.3 is 12.2 Å². The quantitative estimate of drug-likeness (QED) is 0.736. The highest BCUT2D eigenvalue weighted by atomic mass is 35.5. The van der Waals surface area contributed by atoms with Crippen LogP contribution in [0.15, 0.2) is 18.2 Å². The third kappa shape index (κ3) is 3.58. The first-order valence-corrected chi connectivity index (χ1v) is 9.44. The number of quaternary nitrogens is 1. The fraction of sp³-hybridized carbons (Fsp3) is 0.556. The number of alkyl halides is 3. The van der Waals surface area contributed by atoms with Crippen LogP contribution in [0.5, 0.6) is 0 Å². The number of nitrogens with two attached hydrogens (primary N) is 1. The molecule has 2 aliphatic rings. The standard InChI is InChI=1S/C18H22ClF3N4O2/c1-25-14(16(23)27)10-26(17(25)28,12-5-7-24-8-6-12)9-11-3-2-4-13(15(11)19)18(20,21)22/h2-4,12,14,24H,5-10H2,1H3,(H-,23,27)/p+1. The lowest BCUT2D eigenvalue weighted by Crippen LogP contribution is -2.59. The molecule has 2 fully saturated rings. The summed E-state index contributed by atoms with van der Waals surface area (Å²) in [6.45, 7) is 1.50. The van der Waals surface area contributed by atoms with E-state index in [1.54, 1.807) is 0 Å². The molecule has 0 aliphatic carbocycles. The second kappa shape index (κ2) is 7.53. The average Bonchev–Trinajstić information content (AvgIpc) is 2.89. The molecule has 28 heavy (non-hydrogen) atoms. The summed E-state index contributed by atoms with van der Waals surface area (Å²) in [6, 6.07) is 2.47. The highest BCUT2D eigenvalue weighted by Crippen LogP contribution is 2.40. The predicted octanol–water partition coefficient (Wildman–Crippen LogP) is 2.35. The maximum Gasteiger partial charge on any atom is 0.420 e. The molecule has 2 unspecified atom stereocenters. The molecule has 0 spiro atoms. The number of carbonyl (C=O) groups excluding carboxylic acids is 2. The van der Waals surface area contributed by atoms with Crippen molar-refractivity contribution in [1.82, 2.24) is 10.2 Å². The van der Waals surface area contributed by atoms with E-state index < -0.39 is 28.7 Å². The fourth-order valence-corrected chi connectivity index (χ4v) is 4.62. The van der Waals surface area contributed by atoms with Crippen molar-refractivity contribution in [3.8, 4) is 0 Å². The molecular formula is C18H23ClF3N4O2+. The van der Waals surface area contributed by atoms with Gasteiger partial charge in [-0.15, -0.1) is 0 Å². The van der Waals surface area contributed by atoms with Crippen LogP contribution in [0.2, 0.25) is 5.02 Å². The highest BCUT2D eigenvalue weighted by molar-refractivity contribution is 6.32. The monoisotopic (exact) mass is 419 g/mol. The number of hydrogen-bond acceptors (Lipinski definition) is 3. The summed E-state index contributed by atoms with van der Waals surface area (Å²) in [7, 11) is 1.51. The Labute approximate surface area is 166 Å². The molecule has 2 saturated heterocycles. The normalized spacial score (nSPS) is 26.7. The van der Waals surface area contributed by atoms with Crippen LogP contribution < -0.4 is 11.1 Å². The minimum Gasteiger partial charge on any atom is -0.368 e. The van der Waals surface area contributed by atoms with E-state index in [0.717, 1.165) is 6.07 Å².